The number of carbonyl (C=O) groups is 2. The highest BCUT2D eigenvalue weighted by molar-refractivity contribution is 5.95. The fourth-order valence-electron chi connectivity index (χ4n) is 1.46. The number of ether oxygens (including phenoxy) is 2. The Kier molecular flexibility index (Phi) is 5.83. The molecule has 0 fully saturated rings. The molecule has 0 aliphatic rings. The van der Waals surface area contributed by atoms with Crippen molar-refractivity contribution < 1.29 is 34.4 Å². The Labute approximate surface area is 121 Å². The standard InChI is InChI=1S/C14H18O7/c1-3-8(2)13(18)20-4-5-21-14(19)12-10(16)6-9(15)7-11(12)17/h6-8,15-17H,3-5H2,1-2H3. The maximum absolute atomic E-state index is 11.7. The number of phenolic OH excluding ortho intramolecular Hbond substituents is 3. The molecule has 1 unspecified atom stereocenters. The number of esters is 2. The molecule has 0 aliphatic carbocycles. The van der Waals surface area contributed by atoms with Crippen LogP contribution in [0, 0.1) is 5.92 Å². The molecule has 0 aromatic heterocycles. The summed E-state index contributed by atoms with van der Waals surface area (Å²) >= 11 is 0. The predicted molar refractivity (Wildman–Crippen MR) is 72.1 cm³/mol. The lowest BCUT2D eigenvalue weighted by atomic mass is 10.1. The van der Waals surface area contributed by atoms with Crippen molar-refractivity contribution in [3.63, 3.8) is 0 Å². The van der Waals surface area contributed by atoms with Crippen LogP contribution in [-0.2, 0) is 14.3 Å². The van der Waals surface area contributed by atoms with Crippen molar-refractivity contribution in [1.29, 1.82) is 0 Å². The molecule has 1 rings (SSSR count). The summed E-state index contributed by atoms with van der Waals surface area (Å²) in [6.45, 7) is 3.25. The summed E-state index contributed by atoms with van der Waals surface area (Å²) < 4.78 is 9.66. The van der Waals surface area contributed by atoms with Crippen LogP contribution in [0.2, 0.25) is 0 Å². The van der Waals surface area contributed by atoms with E-state index in [4.69, 9.17) is 14.6 Å². The van der Waals surface area contributed by atoms with Gasteiger partial charge in [-0.3, -0.25) is 4.79 Å². The highest BCUT2D eigenvalue weighted by Crippen LogP contribution is 2.32. The van der Waals surface area contributed by atoms with Crippen LogP contribution in [0.5, 0.6) is 17.2 Å². The number of phenols is 3. The van der Waals surface area contributed by atoms with Crippen LogP contribution in [0.4, 0.5) is 0 Å². The van der Waals surface area contributed by atoms with Crippen LogP contribution in [0.3, 0.4) is 0 Å². The molecule has 0 saturated heterocycles. The smallest absolute Gasteiger partial charge is 0.345 e. The summed E-state index contributed by atoms with van der Waals surface area (Å²) in [7, 11) is 0. The van der Waals surface area contributed by atoms with Gasteiger partial charge in [-0.1, -0.05) is 13.8 Å². The summed E-state index contributed by atoms with van der Waals surface area (Å²) in [4.78, 5) is 23.0. The van der Waals surface area contributed by atoms with Crippen molar-refractivity contribution >= 4 is 11.9 Å². The van der Waals surface area contributed by atoms with Crippen molar-refractivity contribution in [3.05, 3.63) is 17.7 Å². The SMILES string of the molecule is CCC(C)C(=O)OCCOC(=O)c1c(O)cc(O)cc1O. The highest BCUT2D eigenvalue weighted by atomic mass is 16.6. The third-order valence-corrected chi connectivity index (χ3v) is 2.86. The van der Waals surface area contributed by atoms with Crippen LogP contribution in [0.25, 0.3) is 0 Å². The molecule has 0 spiro atoms. The molecule has 0 heterocycles. The maximum atomic E-state index is 11.7. The minimum Gasteiger partial charge on any atom is -0.508 e. The minimum absolute atomic E-state index is 0.117. The highest BCUT2D eigenvalue weighted by Gasteiger charge is 2.19. The Morgan fingerprint density at radius 1 is 1.10 bits per heavy atom. The van der Waals surface area contributed by atoms with Crippen molar-refractivity contribution in [2.24, 2.45) is 5.92 Å². The van der Waals surface area contributed by atoms with E-state index in [-0.39, 0.29) is 30.9 Å². The number of hydrogen-bond donors (Lipinski definition) is 3. The van der Waals surface area contributed by atoms with Crippen LogP contribution in [0.1, 0.15) is 30.6 Å². The first-order chi connectivity index (χ1) is 9.86. The Bertz CT molecular complexity index is 501. The van der Waals surface area contributed by atoms with Gasteiger partial charge in [0.1, 0.15) is 36.0 Å². The van der Waals surface area contributed by atoms with E-state index in [1.165, 1.54) is 0 Å². The zero-order valence-corrected chi connectivity index (χ0v) is 11.8. The van der Waals surface area contributed by atoms with Crippen LogP contribution >= 0.6 is 0 Å². The van der Waals surface area contributed by atoms with Crippen molar-refractivity contribution in [3.8, 4) is 17.2 Å². The summed E-state index contributed by atoms with van der Waals surface area (Å²) in [6, 6.07) is 1.80. The molecule has 0 amide bonds. The lowest BCUT2D eigenvalue weighted by molar-refractivity contribution is -0.149. The molecule has 21 heavy (non-hydrogen) atoms. The first-order valence-electron chi connectivity index (χ1n) is 6.45. The van der Waals surface area contributed by atoms with E-state index in [0.717, 1.165) is 12.1 Å². The summed E-state index contributed by atoms with van der Waals surface area (Å²) in [6.07, 6.45) is 0.647. The van der Waals surface area contributed by atoms with E-state index in [9.17, 15) is 19.8 Å². The summed E-state index contributed by atoms with van der Waals surface area (Å²) in [5.41, 5.74) is -0.457. The maximum Gasteiger partial charge on any atom is 0.345 e. The van der Waals surface area contributed by atoms with Gasteiger partial charge in [-0.15, -0.1) is 0 Å². The first-order valence-corrected chi connectivity index (χ1v) is 6.45. The molecule has 0 radical (unpaired) electrons. The number of benzene rings is 1. The normalized spacial score (nSPS) is 11.7. The average molecular weight is 298 g/mol. The molecule has 0 bridgehead atoms. The van der Waals surface area contributed by atoms with E-state index >= 15 is 0 Å². The van der Waals surface area contributed by atoms with Gasteiger partial charge >= 0.3 is 11.9 Å². The van der Waals surface area contributed by atoms with Crippen molar-refractivity contribution in [1.82, 2.24) is 0 Å². The van der Waals surface area contributed by atoms with E-state index in [2.05, 4.69) is 0 Å². The number of hydrogen-bond acceptors (Lipinski definition) is 7. The summed E-state index contributed by atoms with van der Waals surface area (Å²) in [5.74, 6) is -3.19. The van der Waals surface area contributed by atoms with E-state index in [1.807, 2.05) is 6.92 Å². The zero-order valence-electron chi connectivity index (χ0n) is 11.8. The van der Waals surface area contributed by atoms with Crippen LogP contribution in [0.15, 0.2) is 12.1 Å². The molecule has 0 saturated carbocycles. The first kappa shape index (κ1) is 16.6. The Balaban J connectivity index is 2.50. The molecule has 1 aromatic carbocycles. The quantitative estimate of drug-likeness (QED) is 0.539. The number of rotatable bonds is 6. The molecular formula is C14H18O7. The second kappa shape index (κ2) is 7.37. The Hall–Kier alpha value is -2.44. The molecule has 7 heteroatoms. The van der Waals surface area contributed by atoms with Gasteiger partial charge in [0.05, 0.1) is 5.92 Å². The molecule has 0 aliphatic heterocycles. The lowest BCUT2D eigenvalue weighted by Crippen LogP contribution is -2.18. The van der Waals surface area contributed by atoms with Crippen molar-refractivity contribution in [2.75, 3.05) is 13.2 Å². The monoisotopic (exact) mass is 298 g/mol. The van der Waals surface area contributed by atoms with Gasteiger partial charge in [-0.2, -0.15) is 0 Å². The molecule has 1 atom stereocenters. The minimum atomic E-state index is -0.982. The lowest BCUT2D eigenvalue weighted by Gasteiger charge is -2.10. The molecule has 116 valence electrons. The van der Waals surface area contributed by atoms with Gasteiger partial charge in [0, 0.05) is 12.1 Å². The fourth-order valence-corrected chi connectivity index (χ4v) is 1.46. The number of aromatic hydroxyl groups is 3. The predicted octanol–water partition coefficient (Wildman–Crippen LogP) is 1.55. The van der Waals surface area contributed by atoms with Gasteiger partial charge in [-0.05, 0) is 6.42 Å². The van der Waals surface area contributed by atoms with Crippen LogP contribution in [-0.4, -0.2) is 40.5 Å². The number of carbonyl (C=O) groups excluding carboxylic acids is 2. The Morgan fingerprint density at radius 2 is 1.62 bits per heavy atom. The average Bonchev–Trinajstić information content (AvgIpc) is 2.41. The zero-order chi connectivity index (χ0) is 16.0. The second-order valence-electron chi connectivity index (χ2n) is 4.47. The molecule has 3 N–H and O–H groups in total. The summed E-state index contributed by atoms with van der Waals surface area (Å²) in [5, 5.41) is 28.1. The van der Waals surface area contributed by atoms with Gasteiger partial charge in [0.25, 0.3) is 0 Å². The largest absolute Gasteiger partial charge is 0.508 e. The van der Waals surface area contributed by atoms with E-state index < -0.39 is 23.0 Å². The second-order valence-corrected chi connectivity index (χ2v) is 4.47. The van der Waals surface area contributed by atoms with Crippen molar-refractivity contribution in [2.45, 2.75) is 20.3 Å². The van der Waals surface area contributed by atoms with Gasteiger partial charge < -0.3 is 24.8 Å². The van der Waals surface area contributed by atoms with Crippen LogP contribution < -0.4 is 0 Å². The fraction of sp³-hybridized carbons (Fsp3) is 0.429. The van der Waals surface area contributed by atoms with Gasteiger partial charge in [0.15, 0.2) is 0 Å². The topological polar surface area (TPSA) is 113 Å². The molecule has 7 nitrogen and oxygen atoms in total. The molecule has 1 aromatic rings. The third kappa shape index (κ3) is 4.55. The molecular weight excluding hydrogens is 280 g/mol. The van der Waals surface area contributed by atoms with Gasteiger partial charge in [-0.25, -0.2) is 4.79 Å². The van der Waals surface area contributed by atoms with Gasteiger partial charge in [0.2, 0.25) is 0 Å². The van der Waals surface area contributed by atoms with E-state index in [0.29, 0.717) is 6.42 Å². The van der Waals surface area contributed by atoms with E-state index in [1.54, 1.807) is 6.92 Å². The third-order valence-electron chi connectivity index (χ3n) is 2.86. The Morgan fingerprint density at radius 3 is 2.14 bits per heavy atom.